The summed E-state index contributed by atoms with van der Waals surface area (Å²) in [6.07, 6.45) is 0. The van der Waals surface area contributed by atoms with Gasteiger partial charge in [0.2, 0.25) is 0 Å². The standard InChI is InChI=1S/C14H22O.HO3P/c1-13(2,3)10-7-8-12(15)11(9-10)14(4,5)6;1-4(2)3/h7-9,15H,1-6H3;(H-,1,2,3)/p+1. The van der Waals surface area contributed by atoms with Crippen molar-refractivity contribution in [2.24, 2.45) is 0 Å². The number of hydrogen-bond donors (Lipinski definition) is 3. The van der Waals surface area contributed by atoms with Crippen LogP contribution < -0.4 is 0 Å². The van der Waals surface area contributed by atoms with Crippen molar-refractivity contribution in [3.05, 3.63) is 29.3 Å². The molecule has 0 spiro atoms. The Morgan fingerprint density at radius 1 is 0.947 bits per heavy atom. The molecule has 1 aromatic carbocycles. The van der Waals surface area contributed by atoms with Gasteiger partial charge in [-0.25, -0.2) is 0 Å². The molecule has 0 saturated carbocycles. The molecular weight excluding hydrogens is 263 g/mol. The minimum absolute atomic E-state index is 0.00859. The zero-order chi connectivity index (χ0) is 15.4. The average Bonchev–Trinajstić information content (AvgIpc) is 2.13. The lowest BCUT2D eigenvalue weighted by molar-refractivity contribution is 0.405. The zero-order valence-electron chi connectivity index (χ0n) is 12.4. The molecule has 1 rings (SSSR count). The number of phenolic OH excluding ortho intramolecular Hbond substituents is 1. The van der Waals surface area contributed by atoms with Crippen LogP contribution in [-0.4, -0.2) is 14.9 Å². The Balaban J connectivity index is 0.000000711. The summed E-state index contributed by atoms with van der Waals surface area (Å²) in [7, 11) is -2.87. The topological polar surface area (TPSA) is 77.8 Å². The highest BCUT2D eigenvalue weighted by atomic mass is 31.1. The molecule has 19 heavy (non-hydrogen) atoms. The maximum atomic E-state index is 9.84. The van der Waals surface area contributed by atoms with Gasteiger partial charge in [0.15, 0.2) is 0 Å². The number of aromatic hydroxyl groups is 1. The average molecular weight is 287 g/mol. The lowest BCUT2D eigenvalue weighted by Crippen LogP contribution is -2.16. The minimum atomic E-state index is -2.87. The molecule has 0 aromatic heterocycles. The Morgan fingerprint density at radius 2 is 1.37 bits per heavy atom. The number of phenols is 1. The Hall–Kier alpha value is -0.960. The van der Waals surface area contributed by atoms with Gasteiger partial charge >= 0.3 is 8.25 Å². The van der Waals surface area contributed by atoms with Crippen molar-refractivity contribution in [3.8, 4) is 5.75 Å². The lowest BCUT2D eigenvalue weighted by atomic mass is 9.80. The predicted octanol–water partition coefficient (Wildman–Crippen LogP) is 3.62. The minimum Gasteiger partial charge on any atom is -0.508 e. The van der Waals surface area contributed by atoms with E-state index in [1.165, 1.54) is 5.56 Å². The molecule has 0 bridgehead atoms. The van der Waals surface area contributed by atoms with E-state index in [-0.39, 0.29) is 10.8 Å². The van der Waals surface area contributed by atoms with Gasteiger partial charge in [0.05, 0.1) is 0 Å². The van der Waals surface area contributed by atoms with E-state index in [9.17, 15) is 5.11 Å². The number of hydrogen-bond acceptors (Lipinski definition) is 2. The van der Waals surface area contributed by atoms with E-state index in [1.54, 1.807) is 6.07 Å². The van der Waals surface area contributed by atoms with Gasteiger partial charge < -0.3 is 5.11 Å². The molecule has 0 amide bonds. The largest absolute Gasteiger partial charge is 0.692 e. The molecule has 108 valence electrons. The molecule has 0 aliphatic heterocycles. The van der Waals surface area contributed by atoms with Crippen molar-refractivity contribution in [2.45, 2.75) is 52.4 Å². The van der Waals surface area contributed by atoms with Crippen molar-refractivity contribution in [1.29, 1.82) is 0 Å². The van der Waals surface area contributed by atoms with Crippen molar-refractivity contribution in [3.63, 3.8) is 0 Å². The highest BCUT2D eigenvalue weighted by Crippen LogP contribution is 2.34. The molecule has 0 aliphatic rings. The third kappa shape index (κ3) is 6.67. The Bertz CT molecular complexity index is 438. The van der Waals surface area contributed by atoms with E-state index in [0.717, 1.165) is 5.56 Å². The summed E-state index contributed by atoms with van der Waals surface area (Å²) in [6, 6.07) is 5.93. The summed E-state index contributed by atoms with van der Waals surface area (Å²) in [5, 5.41) is 9.84. The molecule has 0 atom stereocenters. The lowest BCUT2D eigenvalue weighted by Gasteiger charge is -2.25. The summed E-state index contributed by atoms with van der Waals surface area (Å²) in [5.41, 5.74) is 2.42. The molecule has 4 nitrogen and oxygen atoms in total. The van der Waals surface area contributed by atoms with E-state index < -0.39 is 8.25 Å². The molecule has 0 fully saturated rings. The summed E-state index contributed by atoms with van der Waals surface area (Å²) in [4.78, 5) is 14.2. The SMILES string of the molecule is CC(C)(C)c1ccc(O)c(C(C)(C)C)c1.O=[P+](O)O. The van der Waals surface area contributed by atoms with E-state index >= 15 is 0 Å². The van der Waals surface area contributed by atoms with Gasteiger partial charge in [-0.15, -0.1) is 9.79 Å². The van der Waals surface area contributed by atoms with Crippen molar-refractivity contribution >= 4 is 8.25 Å². The summed E-state index contributed by atoms with van der Waals surface area (Å²) >= 11 is 0. The summed E-state index contributed by atoms with van der Waals surface area (Å²) < 4.78 is 8.70. The second kappa shape index (κ2) is 6.47. The Kier molecular flexibility index (Phi) is 6.14. The first-order valence-electron chi connectivity index (χ1n) is 6.04. The first kappa shape index (κ1) is 18.0. The molecule has 1 aromatic rings. The zero-order valence-corrected chi connectivity index (χ0v) is 13.3. The van der Waals surface area contributed by atoms with Crippen LogP contribution in [0.25, 0.3) is 0 Å². The monoisotopic (exact) mass is 287 g/mol. The molecule has 0 unspecified atom stereocenters. The second-order valence-electron chi connectivity index (χ2n) is 6.48. The van der Waals surface area contributed by atoms with Crippen LogP contribution in [0.4, 0.5) is 0 Å². The second-order valence-corrected chi connectivity index (χ2v) is 6.99. The van der Waals surface area contributed by atoms with Crippen LogP contribution in [0.15, 0.2) is 18.2 Å². The molecule has 3 N–H and O–H groups in total. The smallest absolute Gasteiger partial charge is 0.508 e. The van der Waals surface area contributed by atoms with E-state index in [1.807, 2.05) is 6.07 Å². The first-order valence-corrected chi connectivity index (χ1v) is 7.21. The van der Waals surface area contributed by atoms with Gasteiger partial charge in [-0.05, 0) is 28.0 Å². The van der Waals surface area contributed by atoms with Gasteiger partial charge in [0.25, 0.3) is 0 Å². The van der Waals surface area contributed by atoms with Crippen LogP contribution in [0, 0.1) is 0 Å². The van der Waals surface area contributed by atoms with E-state index in [2.05, 4.69) is 47.6 Å². The molecule has 0 aliphatic carbocycles. The quantitative estimate of drug-likeness (QED) is 0.637. The third-order valence-corrected chi connectivity index (χ3v) is 2.67. The highest BCUT2D eigenvalue weighted by molar-refractivity contribution is 7.30. The van der Waals surface area contributed by atoms with Gasteiger partial charge in [0.1, 0.15) is 5.75 Å². The van der Waals surface area contributed by atoms with Gasteiger partial charge in [-0.3, -0.25) is 0 Å². The Morgan fingerprint density at radius 3 is 1.68 bits per heavy atom. The van der Waals surface area contributed by atoms with E-state index in [0.29, 0.717) is 5.75 Å². The molecular formula is C14H24O4P+. The first-order chi connectivity index (χ1) is 8.35. The van der Waals surface area contributed by atoms with Crippen LogP contribution in [-0.2, 0) is 15.4 Å². The fourth-order valence-corrected chi connectivity index (χ4v) is 1.60. The van der Waals surface area contributed by atoms with Crippen molar-refractivity contribution in [2.75, 3.05) is 0 Å². The van der Waals surface area contributed by atoms with Crippen molar-refractivity contribution < 1.29 is 19.5 Å². The molecule has 0 saturated heterocycles. The van der Waals surface area contributed by atoms with Crippen LogP contribution in [0.5, 0.6) is 5.75 Å². The van der Waals surface area contributed by atoms with Crippen LogP contribution >= 0.6 is 8.25 Å². The molecule has 0 radical (unpaired) electrons. The predicted molar refractivity (Wildman–Crippen MR) is 77.6 cm³/mol. The number of benzene rings is 1. The summed E-state index contributed by atoms with van der Waals surface area (Å²) in [5.74, 6) is 0.399. The highest BCUT2D eigenvalue weighted by Gasteiger charge is 2.21. The van der Waals surface area contributed by atoms with Gasteiger partial charge in [-0.2, -0.15) is 0 Å². The fraction of sp³-hybridized carbons (Fsp3) is 0.571. The summed E-state index contributed by atoms with van der Waals surface area (Å²) in [6.45, 7) is 12.9. The normalized spacial score (nSPS) is 11.6. The number of rotatable bonds is 0. The van der Waals surface area contributed by atoms with Crippen molar-refractivity contribution in [1.82, 2.24) is 0 Å². The molecule has 5 heteroatoms. The fourth-order valence-electron chi connectivity index (χ4n) is 1.60. The third-order valence-electron chi connectivity index (χ3n) is 2.67. The Labute approximate surface area is 116 Å². The van der Waals surface area contributed by atoms with E-state index in [4.69, 9.17) is 14.4 Å². The maximum Gasteiger partial charge on any atom is 0.692 e. The van der Waals surface area contributed by atoms with Crippen LogP contribution in [0.3, 0.4) is 0 Å². The van der Waals surface area contributed by atoms with Crippen LogP contribution in [0.1, 0.15) is 52.7 Å². The van der Waals surface area contributed by atoms with Gasteiger partial charge in [-0.1, -0.05) is 53.7 Å². The maximum absolute atomic E-state index is 9.84. The van der Waals surface area contributed by atoms with Crippen LogP contribution in [0.2, 0.25) is 0 Å². The molecule has 0 heterocycles. The van der Waals surface area contributed by atoms with Gasteiger partial charge in [0, 0.05) is 4.57 Å².